The summed E-state index contributed by atoms with van der Waals surface area (Å²) in [6.45, 7) is 6.32. The Balaban J connectivity index is 1.87. The van der Waals surface area contributed by atoms with Gasteiger partial charge in [0.15, 0.2) is 0 Å². The van der Waals surface area contributed by atoms with Gasteiger partial charge in [0.2, 0.25) is 0 Å². The van der Waals surface area contributed by atoms with Crippen LogP contribution in [-0.4, -0.2) is 18.2 Å². The summed E-state index contributed by atoms with van der Waals surface area (Å²) in [7, 11) is 1.68. The van der Waals surface area contributed by atoms with E-state index < -0.39 is 0 Å². The van der Waals surface area contributed by atoms with Crippen molar-refractivity contribution in [3.63, 3.8) is 0 Å². The SMILES string of the molecule is COc1ccc(C#Cn2c3c(c4c(C)c(C)ccc42)CNCC3)cc1. The Morgan fingerprint density at radius 2 is 1.88 bits per heavy atom. The lowest BCUT2D eigenvalue weighted by molar-refractivity contribution is 0.415. The Labute approximate surface area is 148 Å². The number of hydrogen-bond acceptors (Lipinski definition) is 2. The summed E-state index contributed by atoms with van der Waals surface area (Å²) in [6, 6.07) is 15.7. The van der Waals surface area contributed by atoms with Crippen molar-refractivity contribution in [1.82, 2.24) is 9.88 Å². The van der Waals surface area contributed by atoms with Crippen molar-refractivity contribution in [2.45, 2.75) is 26.8 Å². The van der Waals surface area contributed by atoms with E-state index in [1.165, 1.54) is 33.3 Å². The van der Waals surface area contributed by atoms with Gasteiger partial charge in [-0.25, -0.2) is 0 Å². The van der Waals surface area contributed by atoms with Crippen LogP contribution >= 0.6 is 0 Å². The minimum atomic E-state index is 0.853. The zero-order chi connectivity index (χ0) is 17.4. The van der Waals surface area contributed by atoms with Crippen molar-refractivity contribution in [3.8, 4) is 17.7 Å². The first-order chi connectivity index (χ1) is 12.2. The molecule has 0 saturated heterocycles. The van der Waals surface area contributed by atoms with E-state index in [0.29, 0.717) is 0 Å². The van der Waals surface area contributed by atoms with Gasteiger partial charge in [-0.15, -0.1) is 0 Å². The Morgan fingerprint density at radius 1 is 1.08 bits per heavy atom. The smallest absolute Gasteiger partial charge is 0.118 e. The number of methoxy groups -OCH3 is 1. The van der Waals surface area contributed by atoms with E-state index >= 15 is 0 Å². The summed E-state index contributed by atoms with van der Waals surface area (Å²) < 4.78 is 7.41. The van der Waals surface area contributed by atoms with E-state index in [-0.39, 0.29) is 0 Å². The molecule has 0 fully saturated rings. The molecule has 1 aliphatic rings. The van der Waals surface area contributed by atoms with Crippen LogP contribution in [0, 0.1) is 25.8 Å². The first kappa shape index (κ1) is 15.8. The molecule has 0 saturated carbocycles. The van der Waals surface area contributed by atoms with Gasteiger partial charge in [0.1, 0.15) is 5.75 Å². The normalized spacial score (nSPS) is 13.2. The molecule has 3 heteroatoms. The molecule has 0 unspecified atom stereocenters. The molecule has 0 radical (unpaired) electrons. The Kier molecular flexibility index (Phi) is 3.99. The lowest BCUT2D eigenvalue weighted by Gasteiger charge is -2.14. The minimum absolute atomic E-state index is 0.853. The number of nitrogens with one attached hydrogen (secondary N) is 1. The van der Waals surface area contributed by atoms with Crippen LogP contribution < -0.4 is 10.1 Å². The van der Waals surface area contributed by atoms with Crippen molar-refractivity contribution < 1.29 is 4.74 Å². The monoisotopic (exact) mass is 330 g/mol. The fourth-order valence-corrected chi connectivity index (χ4v) is 3.59. The number of aromatic nitrogens is 1. The predicted molar refractivity (Wildman–Crippen MR) is 102 cm³/mol. The molecule has 126 valence electrons. The summed E-state index contributed by atoms with van der Waals surface area (Å²) in [6.07, 6.45) is 1.01. The zero-order valence-corrected chi connectivity index (χ0v) is 14.9. The maximum absolute atomic E-state index is 5.22. The second-order valence-corrected chi connectivity index (χ2v) is 6.55. The lowest BCUT2D eigenvalue weighted by atomic mass is 9.99. The van der Waals surface area contributed by atoms with Crippen molar-refractivity contribution in [1.29, 1.82) is 0 Å². The highest BCUT2D eigenvalue weighted by atomic mass is 16.5. The van der Waals surface area contributed by atoms with Crippen molar-refractivity contribution in [2.75, 3.05) is 13.7 Å². The average Bonchev–Trinajstić information content (AvgIpc) is 2.97. The van der Waals surface area contributed by atoms with Crippen LogP contribution in [0.3, 0.4) is 0 Å². The van der Waals surface area contributed by atoms with Gasteiger partial charge in [-0.1, -0.05) is 6.07 Å². The first-order valence-corrected chi connectivity index (χ1v) is 8.68. The molecular formula is C22H22N2O. The second kappa shape index (κ2) is 6.31. The third kappa shape index (κ3) is 2.69. The minimum Gasteiger partial charge on any atom is -0.497 e. The van der Waals surface area contributed by atoms with Crippen LogP contribution in [0.15, 0.2) is 36.4 Å². The number of ether oxygens (including phenoxy) is 1. The third-order valence-corrected chi connectivity index (χ3v) is 5.12. The van der Waals surface area contributed by atoms with Crippen LogP contribution in [-0.2, 0) is 13.0 Å². The number of benzene rings is 2. The molecule has 1 aliphatic heterocycles. The van der Waals surface area contributed by atoms with Crippen LogP contribution in [0.1, 0.15) is 27.9 Å². The summed E-state index contributed by atoms with van der Waals surface area (Å²) in [4.78, 5) is 0. The third-order valence-electron chi connectivity index (χ3n) is 5.12. The number of rotatable bonds is 1. The first-order valence-electron chi connectivity index (χ1n) is 8.68. The van der Waals surface area contributed by atoms with Crippen LogP contribution in [0.5, 0.6) is 5.75 Å². The standard InChI is InChI=1S/C22H22N2O/c1-15-4-9-21-22(16(15)2)19-14-23-12-10-20(19)24(21)13-11-17-5-7-18(25-3)8-6-17/h4-9,23H,10,12,14H2,1-3H3. The van der Waals surface area contributed by atoms with Crippen molar-refractivity contribution >= 4 is 10.9 Å². The molecule has 3 aromatic rings. The number of hydrogen-bond donors (Lipinski definition) is 1. The van der Waals surface area contributed by atoms with Gasteiger partial charge in [0, 0.05) is 42.2 Å². The predicted octanol–water partition coefficient (Wildman–Crippen LogP) is 3.77. The van der Waals surface area contributed by atoms with E-state index in [2.05, 4.69) is 47.8 Å². The van der Waals surface area contributed by atoms with Crippen LogP contribution in [0.4, 0.5) is 0 Å². The molecule has 1 N–H and O–H groups in total. The summed E-state index contributed by atoms with van der Waals surface area (Å²) in [5, 5.41) is 4.87. The molecule has 3 nitrogen and oxygen atoms in total. The summed E-state index contributed by atoms with van der Waals surface area (Å²) in [5.41, 5.74) is 7.67. The molecule has 0 spiro atoms. The highest BCUT2D eigenvalue weighted by Gasteiger charge is 2.20. The highest BCUT2D eigenvalue weighted by Crippen LogP contribution is 2.32. The highest BCUT2D eigenvalue weighted by molar-refractivity contribution is 5.90. The Bertz CT molecular complexity index is 1000. The molecule has 0 aliphatic carbocycles. The Hall–Kier alpha value is -2.70. The fraction of sp³-hybridized carbons (Fsp3) is 0.273. The quantitative estimate of drug-likeness (QED) is 0.688. The topological polar surface area (TPSA) is 26.2 Å². The largest absolute Gasteiger partial charge is 0.497 e. The van der Waals surface area contributed by atoms with E-state index in [4.69, 9.17) is 4.74 Å². The molecule has 0 amide bonds. The van der Waals surface area contributed by atoms with Gasteiger partial charge < -0.3 is 10.1 Å². The number of aryl methyl sites for hydroxylation is 2. The molecule has 0 atom stereocenters. The molecule has 1 aromatic heterocycles. The van der Waals surface area contributed by atoms with Gasteiger partial charge in [-0.05, 0) is 66.8 Å². The van der Waals surface area contributed by atoms with Crippen LogP contribution in [0.25, 0.3) is 10.9 Å². The van der Waals surface area contributed by atoms with Crippen molar-refractivity contribution in [2.24, 2.45) is 0 Å². The molecule has 4 rings (SSSR count). The van der Waals surface area contributed by atoms with E-state index in [9.17, 15) is 0 Å². The van der Waals surface area contributed by atoms with E-state index in [0.717, 1.165) is 30.8 Å². The van der Waals surface area contributed by atoms with Crippen molar-refractivity contribution in [3.05, 3.63) is 64.3 Å². The summed E-state index contributed by atoms with van der Waals surface area (Å²) in [5.74, 6) is 4.16. The lowest BCUT2D eigenvalue weighted by Crippen LogP contribution is -2.24. The van der Waals surface area contributed by atoms with Gasteiger partial charge >= 0.3 is 0 Å². The van der Waals surface area contributed by atoms with Crippen LogP contribution in [0.2, 0.25) is 0 Å². The van der Waals surface area contributed by atoms with E-state index in [1.54, 1.807) is 7.11 Å². The van der Waals surface area contributed by atoms with Gasteiger partial charge in [-0.3, -0.25) is 4.57 Å². The zero-order valence-electron chi connectivity index (χ0n) is 14.9. The molecular weight excluding hydrogens is 308 g/mol. The van der Waals surface area contributed by atoms with E-state index in [1.807, 2.05) is 24.3 Å². The average molecular weight is 330 g/mol. The number of nitrogens with zero attached hydrogens (tertiary/aromatic N) is 1. The second-order valence-electron chi connectivity index (χ2n) is 6.55. The Morgan fingerprint density at radius 3 is 2.64 bits per heavy atom. The number of fused-ring (bicyclic) bond motifs is 3. The molecule has 25 heavy (non-hydrogen) atoms. The molecule has 0 bridgehead atoms. The summed E-state index contributed by atoms with van der Waals surface area (Å²) >= 11 is 0. The van der Waals surface area contributed by atoms with Gasteiger partial charge in [0.05, 0.1) is 12.6 Å². The fourth-order valence-electron chi connectivity index (χ4n) is 3.59. The van der Waals surface area contributed by atoms with Gasteiger partial charge in [0.25, 0.3) is 0 Å². The van der Waals surface area contributed by atoms with Gasteiger partial charge in [-0.2, -0.15) is 0 Å². The molecule has 2 aromatic carbocycles. The molecule has 2 heterocycles. The maximum atomic E-state index is 5.22. The maximum Gasteiger partial charge on any atom is 0.118 e.